The predicted molar refractivity (Wildman–Crippen MR) is 105 cm³/mol. The number of rotatable bonds is 6. The summed E-state index contributed by atoms with van der Waals surface area (Å²) in [7, 11) is 0. The zero-order valence-electron chi connectivity index (χ0n) is 15.2. The molecule has 0 spiro atoms. The first kappa shape index (κ1) is 17.8. The minimum atomic E-state index is -0.861. The monoisotopic (exact) mass is 383 g/mol. The first-order valence-electron chi connectivity index (χ1n) is 9.22. The second-order valence-electron chi connectivity index (χ2n) is 6.67. The van der Waals surface area contributed by atoms with Gasteiger partial charge in [0.05, 0.1) is 11.6 Å². The standard InChI is InChI=1S/C19H21N5O2S/c1-2-9-24(11-15(25)26)18-16-12-5-3-4-6-14(12)27-19(16)23-17(22-18)13-10-20-7-8-21-13/h7-8,10H,2-6,9,11H2,1H3,(H,25,26). The lowest BCUT2D eigenvalue weighted by Crippen LogP contribution is -2.31. The molecule has 3 aromatic rings. The number of aromatic nitrogens is 4. The fourth-order valence-corrected chi connectivity index (χ4v) is 4.84. The molecule has 0 aromatic carbocycles. The van der Waals surface area contributed by atoms with Gasteiger partial charge in [0.1, 0.15) is 22.9 Å². The average molecular weight is 383 g/mol. The van der Waals surface area contributed by atoms with Gasteiger partial charge in [-0.2, -0.15) is 0 Å². The molecule has 1 aliphatic rings. The Bertz CT molecular complexity index is 973. The topological polar surface area (TPSA) is 92.1 Å². The Morgan fingerprint density at radius 3 is 2.85 bits per heavy atom. The Morgan fingerprint density at radius 2 is 2.11 bits per heavy atom. The van der Waals surface area contributed by atoms with Crippen LogP contribution in [0.25, 0.3) is 21.7 Å². The Hall–Kier alpha value is -2.61. The van der Waals surface area contributed by atoms with Crippen molar-refractivity contribution < 1.29 is 9.90 Å². The number of carboxylic acids is 1. The normalized spacial score (nSPS) is 13.5. The van der Waals surface area contributed by atoms with Crippen LogP contribution in [0, 0.1) is 0 Å². The molecule has 1 aliphatic carbocycles. The number of anilines is 1. The van der Waals surface area contributed by atoms with Crippen molar-refractivity contribution in [2.45, 2.75) is 39.0 Å². The van der Waals surface area contributed by atoms with Crippen LogP contribution in [-0.2, 0) is 17.6 Å². The molecule has 0 bridgehead atoms. The summed E-state index contributed by atoms with van der Waals surface area (Å²) in [6.07, 6.45) is 10.1. The fraction of sp³-hybridized carbons (Fsp3) is 0.421. The molecule has 0 amide bonds. The summed E-state index contributed by atoms with van der Waals surface area (Å²) in [6, 6.07) is 0. The van der Waals surface area contributed by atoms with E-state index in [2.05, 4.69) is 9.97 Å². The molecule has 140 valence electrons. The van der Waals surface area contributed by atoms with Gasteiger partial charge in [0.15, 0.2) is 5.82 Å². The van der Waals surface area contributed by atoms with Crippen LogP contribution < -0.4 is 4.90 Å². The van der Waals surface area contributed by atoms with Crippen LogP contribution in [0.4, 0.5) is 5.82 Å². The summed E-state index contributed by atoms with van der Waals surface area (Å²) in [6.45, 7) is 2.59. The van der Waals surface area contributed by atoms with E-state index in [1.807, 2.05) is 11.8 Å². The van der Waals surface area contributed by atoms with Gasteiger partial charge in [-0.3, -0.25) is 9.78 Å². The molecule has 0 fully saturated rings. The molecule has 3 heterocycles. The van der Waals surface area contributed by atoms with Crippen molar-refractivity contribution in [2.75, 3.05) is 18.0 Å². The van der Waals surface area contributed by atoms with Crippen molar-refractivity contribution in [3.05, 3.63) is 29.0 Å². The highest BCUT2D eigenvalue weighted by atomic mass is 32.1. The predicted octanol–water partition coefficient (Wildman–Crippen LogP) is 3.33. The molecule has 0 saturated carbocycles. The third-order valence-electron chi connectivity index (χ3n) is 4.71. The zero-order valence-corrected chi connectivity index (χ0v) is 16.0. The van der Waals surface area contributed by atoms with Gasteiger partial charge in [-0.25, -0.2) is 15.0 Å². The molecule has 0 radical (unpaired) electrons. The number of fused-ring (bicyclic) bond motifs is 3. The SMILES string of the molecule is CCCN(CC(=O)O)c1nc(-c2cnccn2)nc2sc3c(c12)CCCC3. The lowest BCUT2D eigenvalue weighted by Gasteiger charge is -2.23. The first-order chi connectivity index (χ1) is 13.2. The summed E-state index contributed by atoms with van der Waals surface area (Å²) in [5.74, 6) is 0.348. The summed E-state index contributed by atoms with van der Waals surface area (Å²) in [5.41, 5.74) is 1.90. The van der Waals surface area contributed by atoms with Gasteiger partial charge < -0.3 is 10.0 Å². The van der Waals surface area contributed by atoms with Crippen LogP contribution >= 0.6 is 11.3 Å². The fourth-order valence-electron chi connectivity index (χ4n) is 3.59. The number of hydrogen-bond donors (Lipinski definition) is 1. The summed E-state index contributed by atoms with van der Waals surface area (Å²) < 4.78 is 0. The molecule has 0 saturated heterocycles. The third-order valence-corrected chi connectivity index (χ3v) is 5.89. The summed E-state index contributed by atoms with van der Waals surface area (Å²) in [4.78, 5) is 33.6. The Morgan fingerprint density at radius 1 is 1.26 bits per heavy atom. The number of nitrogens with zero attached hydrogens (tertiary/aromatic N) is 5. The van der Waals surface area contributed by atoms with E-state index in [9.17, 15) is 9.90 Å². The number of aliphatic carboxylic acids is 1. The molecule has 0 aliphatic heterocycles. The van der Waals surface area contributed by atoms with Crippen molar-refractivity contribution in [3.8, 4) is 11.5 Å². The molecule has 1 N–H and O–H groups in total. The molecule has 4 rings (SSSR count). The molecule has 0 atom stereocenters. The third kappa shape index (κ3) is 3.49. The minimum absolute atomic E-state index is 0.0789. The maximum atomic E-state index is 11.5. The van der Waals surface area contributed by atoms with Crippen LogP contribution in [0.3, 0.4) is 0 Å². The Labute approximate surface area is 161 Å². The van der Waals surface area contributed by atoms with Gasteiger partial charge in [0.25, 0.3) is 0 Å². The van der Waals surface area contributed by atoms with E-state index in [1.165, 1.54) is 16.9 Å². The summed E-state index contributed by atoms with van der Waals surface area (Å²) in [5, 5.41) is 10.4. The highest BCUT2D eigenvalue weighted by Gasteiger charge is 2.25. The van der Waals surface area contributed by atoms with E-state index < -0.39 is 5.97 Å². The maximum Gasteiger partial charge on any atom is 0.323 e. The van der Waals surface area contributed by atoms with Crippen molar-refractivity contribution in [3.63, 3.8) is 0 Å². The lowest BCUT2D eigenvalue weighted by atomic mass is 9.97. The number of carboxylic acid groups (broad SMARTS) is 1. The van der Waals surface area contributed by atoms with Gasteiger partial charge in [-0.05, 0) is 37.7 Å². The second-order valence-corrected chi connectivity index (χ2v) is 7.75. The quantitative estimate of drug-likeness (QED) is 0.698. The Balaban J connectivity index is 1.94. The number of carbonyl (C=O) groups is 1. The molecule has 27 heavy (non-hydrogen) atoms. The van der Waals surface area contributed by atoms with Crippen molar-refractivity contribution in [1.82, 2.24) is 19.9 Å². The number of thiophene rings is 1. The van der Waals surface area contributed by atoms with E-state index in [0.29, 0.717) is 23.9 Å². The van der Waals surface area contributed by atoms with E-state index in [0.717, 1.165) is 35.9 Å². The van der Waals surface area contributed by atoms with E-state index in [1.54, 1.807) is 29.9 Å². The van der Waals surface area contributed by atoms with E-state index in [-0.39, 0.29) is 6.54 Å². The molecule has 0 unspecified atom stereocenters. The minimum Gasteiger partial charge on any atom is -0.480 e. The zero-order chi connectivity index (χ0) is 18.8. The van der Waals surface area contributed by atoms with Gasteiger partial charge in [-0.1, -0.05) is 6.92 Å². The van der Waals surface area contributed by atoms with Gasteiger partial charge in [-0.15, -0.1) is 11.3 Å². The molecule has 3 aromatic heterocycles. The molecule has 7 nitrogen and oxygen atoms in total. The van der Waals surface area contributed by atoms with Gasteiger partial charge >= 0.3 is 5.97 Å². The highest BCUT2D eigenvalue weighted by molar-refractivity contribution is 7.19. The van der Waals surface area contributed by atoms with E-state index in [4.69, 9.17) is 9.97 Å². The average Bonchev–Trinajstić information content (AvgIpc) is 3.06. The molecular weight excluding hydrogens is 362 g/mol. The van der Waals surface area contributed by atoms with Crippen LogP contribution in [0.15, 0.2) is 18.6 Å². The number of hydrogen-bond acceptors (Lipinski definition) is 7. The maximum absolute atomic E-state index is 11.5. The van der Waals surface area contributed by atoms with Crippen LogP contribution in [0.5, 0.6) is 0 Å². The van der Waals surface area contributed by atoms with Crippen molar-refractivity contribution in [2.24, 2.45) is 0 Å². The smallest absolute Gasteiger partial charge is 0.323 e. The van der Waals surface area contributed by atoms with Gasteiger partial charge in [0.2, 0.25) is 0 Å². The van der Waals surface area contributed by atoms with Crippen LogP contribution in [0.2, 0.25) is 0 Å². The van der Waals surface area contributed by atoms with Crippen LogP contribution in [0.1, 0.15) is 36.6 Å². The van der Waals surface area contributed by atoms with Crippen LogP contribution in [-0.4, -0.2) is 44.1 Å². The first-order valence-corrected chi connectivity index (χ1v) is 10.0. The molecule has 8 heteroatoms. The number of aryl methyl sites for hydroxylation is 2. The lowest BCUT2D eigenvalue weighted by molar-refractivity contribution is -0.135. The van der Waals surface area contributed by atoms with E-state index >= 15 is 0 Å². The summed E-state index contributed by atoms with van der Waals surface area (Å²) >= 11 is 1.70. The van der Waals surface area contributed by atoms with Gasteiger partial charge in [0, 0.05) is 23.8 Å². The molecular formula is C19H21N5O2S. The second kappa shape index (κ2) is 7.56. The van der Waals surface area contributed by atoms with Crippen molar-refractivity contribution >= 4 is 33.3 Å². The largest absolute Gasteiger partial charge is 0.480 e. The van der Waals surface area contributed by atoms with Crippen molar-refractivity contribution in [1.29, 1.82) is 0 Å². The highest BCUT2D eigenvalue weighted by Crippen LogP contribution is 2.40. The Kier molecular flexibility index (Phi) is 4.98.